The van der Waals surface area contributed by atoms with Crippen LogP contribution in [-0.2, 0) is 16.1 Å². The molecule has 1 saturated carbocycles. The lowest BCUT2D eigenvalue weighted by molar-refractivity contribution is -0.686. The van der Waals surface area contributed by atoms with Gasteiger partial charge in [0.25, 0.3) is 5.91 Å². The number of ether oxygens (including phenoxy) is 1. The van der Waals surface area contributed by atoms with E-state index in [-0.39, 0.29) is 30.0 Å². The first-order chi connectivity index (χ1) is 15.8. The van der Waals surface area contributed by atoms with Crippen LogP contribution >= 0.6 is 0 Å². The van der Waals surface area contributed by atoms with E-state index in [1.165, 1.54) is 15.2 Å². The summed E-state index contributed by atoms with van der Waals surface area (Å²) in [6.45, 7) is 5.17. The average molecular weight is 461 g/mol. The first-order valence-electron chi connectivity index (χ1n) is 11.2. The third kappa shape index (κ3) is 4.79. The van der Waals surface area contributed by atoms with Crippen molar-refractivity contribution >= 4 is 23.5 Å². The van der Waals surface area contributed by atoms with Crippen molar-refractivity contribution in [1.29, 1.82) is 0 Å². The van der Waals surface area contributed by atoms with Crippen LogP contribution in [0.3, 0.4) is 0 Å². The summed E-state index contributed by atoms with van der Waals surface area (Å²) in [6, 6.07) is 0.0364. The summed E-state index contributed by atoms with van der Waals surface area (Å²) in [5.74, 6) is -1.14. The number of carbonyl (C=O) groups excluding carboxylic acids is 2. The van der Waals surface area contributed by atoms with Gasteiger partial charge in [0, 0.05) is 25.2 Å². The van der Waals surface area contributed by atoms with Crippen LogP contribution in [0.2, 0.25) is 0 Å². The van der Waals surface area contributed by atoms with Crippen LogP contribution in [0.5, 0.6) is 5.88 Å². The van der Waals surface area contributed by atoms with Crippen LogP contribution in [0.4, 0.5) is 0 Å². The molecule has 0 spiro atoms. The molecule has 3 heterocycles. The molecule has 1 saturated heterocycles. The van der Waals surface area contributed by atoms with E-state index in [0.29, 0.717) is 37.5 Å². The van der Waals surface area contributed by atoms with Crippen LogP contribution in [0.15, 0.2) is 17.1 Å². The number of aromatic amines is 1. The van der Waals surface area contributed by atoms with Gasteiger partial charge in [0.05, 0.1) is 37.6 Å². The Labute approximate surface area is 190 Å². The van der Waals surface area contributed by atoms with Crippen molar-refractivity contribution in [2.24, 2.45) is 5.92 Å². The molecule has 2 aliphatic rings. The summed E-state index contributed by atoms with van der Waals surface area (Å²) in [4.78, 5) is 40.0. The van der Waals surface area contributed by atoms with Gasteiger partial charge in [0.2, 0.25) is 11.5 Å². The van der Waals surface area contributed by atoms with Gasteiger partial charge in [-0.1, -0.05) is 18.4 Å². The van der Waals surface area contributed by atoms with Gasteiger partial charge in [-0.05, 0) is 24.8 Å². The fourth-order valence-electron chi connectivity index (χ4n) is 3.90. The maximum Gasteiger partial charge on any atom is 0.378 e. The topological polar surface area (TPSA) is 140 Å². The first-order valence-corrected chi connectivity index (χ1v) is 11.2. The number of hydrogen-bond donors (Lipinski definition) is 4. The zero-order chi connectivity index (χ0) is 23.7. The van der Waals surface area contributed by atoms with Gasteiger partial charge in [-0.25, -0.2) is 9.89 Å². The van der Waals surface area contributed by atoms with E-state index in [9.17, 15) is 24.6 Å². The Morgan fingerprint density at radius 3 is 2.82 bits per heavy atom. The molecule has 0 radical (unpaired) electrons. The Hall–Kier alpha value is -3.18. The highest BCUT2D eigenvalue weighted by molar-refractivity contribution is 5.96. The predicted octanol–water partition coefficient (Wildman–Crippen LogP) is -0.598. The number of fused-ring (bicyclic) bond motifs is 1. The third-order valence-corrected chi connectivity index (χ3v) is 5.72. The molecule has 1 atom stereocenters. The van der Waals surface area contributed by atoms with Crippen LogP contribution in [-0.4, -0.2) is 75.0 Å². The maximum absolute atomic E-state index is 13.1. The molecule has 4 rings (SSSR count). The van der Waals surface area contributed by atoms with E-state index >= 15 is 0 Å². The fraction of sp³-hybridized carbons (Fsp3) is 0.545. The minimum Gasteiger partial charge on any atom is -0.477 e. The molecule has 11 heteroatoms. The SMILES string of the molecule is CC(C)C[n+]1c(O)c(C(=O)NC2CC2)c(=O)n2[nH]cc(/C=C/C(=O)N3CCO[C@H](CO)C3)c21. The second kappa shape index (κ2) is 9.36. The number of hydrogen-bond acceptors (Lipinski definition) is 6. The number of carbonyl (C=O) groups is 2. The lowest BCUT2D eigenvalue weighted by atomic mass is 10.2. The molecular weight excluding hydrogens is 430 g/mol. The quantitative estimate of drug-likeness (QED) is 0.321. The lowest BCUT2D eigenvalue weighted by Crippen LogP contribution is -2.46. The number of nitrogens with zero attached hydrogens (tertiary/aromatic N) is 3. The summed E-state index contributed by atoms with van der Waals surface area (Å²) < 4.78 is 8.11. The van der Waals surface area contributed by atoms with Crippen LogP contribution < -0.4 is 15.4 Å². The Balaban J connectivity index is 1.71. The van der Waals surface area contributed by atoms with Crippen molar-refractivity contribution in [3.05, 3.63) is 33.8 Å². The first kappa shape index (κ1) is 23.0. The number of morpholine rings is 1. The smallest absolute Gasteiger partial charge is 0.378 e. The second-order valence-electron chi connectivity index (χ2n) is 8.94. The molecule has 2 aromatic rings. The van der Waals surface area contributed by atoms with E-state index in [2.05, 4.69) is 10.4 Å². The Bertz CT molecular complexity index is 1150. The third-order valence-electron chi connectivity index (χ3n) is 5.72. The Morgan fingerprint density at radius 1 is 1.39 bits per heavy atom. The molecule has 1 aliphatic heterocycles. The summed E-state index contributed by atoms with van der Waals surface area (Å²) in [5, 5.41) is 25.8. The number of aliphatic hydroxyl groups is 1. The molecular formula is C22H30N5O6+. The van der Waals surface area contributed by atoms with E-state index in [4.69, 9.17) is 4.74 Å². The summed E-state index contributed by atoms with van der Waals surface area (Å²) in [6.07, 6.45) is 5.81. The molecule has 0 bridgehead atoms. The van der Waals surface area contributed by atoms with Gasteiger partial charge < -0.3 is 25.2 Å². The summed E-state index contributed by atoms with van der Waals surface area (Å²) in [7, 11) is 0. The summed E-state index contributed by atoms with van der Waals surface area (Å²) >= 11 is 0. The lowest BCUT2D eigenvalue weighted by Gasteiger charge is -2.31. The predicted molar refractivity (Wildman–Crippen MR) is 118 cm³/mol. The van der Waals surface area contributed by atoms with E-state index in [0.717, 1.165) is 12.8 Å². The molecule has 0 aromatic carbocycles. The van der Waals surface area contributed by atoms with Gasteiger partial charge in [0.1, 0.15) is 0 Å². The van der Waals surface area contributed by atoms with Gasteiger partial charge in [-0.15, -0.1) is 0 Å². The number of aromatic hydroxyl groups is 1. The fourth-order valence-corrected chi connectivity index (χ4v) is 3.90. The van der Waals surface area contributed by atoms with Crippen molar-refractivity contribution in [1.82, 2.24) is 19.8 Å². The molecule has 2 aromatic heterocycles. The Morgan fingerprint density at radius 2 is 2.15 bits per heavy atom. The zero-order valence-electron chi connectivity index (χ0n) is 18.8. The largest absolute Gasteiger partial charge is 0.477 e. The monoisotopic (exact) mass is 460 g/mol. The highest BCUT2D eigenvalue weighted by Crippen LogP contribution is 2.21. The average Bonchev–Trinajstić information content (AvgIpc) is 3.50. The molecule has 2 fully saturated rings. The van der Waals surface area contributed by atoms with E-state index < -0.39 is 23.5 Å². The number of aliphatic hydroxyl groups excluding tert-OH is 1. The van der Waals surface area contributed by atoms with Crippen molar-refractivity contribution in [2.45, 2.75) is 45.4 Å². The molecule has 178 valence electrons. The minimum atomic E-state index is -0.661. The number of nitrogens with one attached hydrogen (secondary N) is 2. The molecule has 1 aliphatic carbocycles. The number of rotatable bonds is 7. The van der Waals surface area contributed by atoms with Gasteiger partial charge >= 0.3 is 17.1 Å². The molecule has 2 amide bonds. The van der Waals surface area contributed by atoms with Crippen molar-refractivity contribution in [2.75, 3.05) is 26.3 Å². The second-order valence-corrected chi connectivity index (χ2v) is 8.94. The highest BCUT2D eigenvalue weighted by atomic mass is 16.5. The Kier molecular flexibility index (Phi) is 6.52. The van der Waals surface area contributed by atoms with E-state index in [1.807, 2.05) is 13.8 Å². The summed E-state index contributed by atoms with van der Waals surface area (Å²) in [5.41, 5.74) is -0.103. The normalized spacial score (nSPS) is 19.0. The van der Waals surface area contributed by atoms with Gasteiger partial charge in [-0.3, -0.25) is 9.59 Å². The molecule has 11 nitrogen and oxygen atoms in total. The van der Waals surface area contributed by atoms with Crippen molar-refractivity contribution in [3.8, 4) is 5.88 Å². The molecule has 4 N–H and O–H groups in total. The zero-order valence-corrected chi connectivity index (χ0v) is 18.8. The highest BCUT2D eigenvalue weighted by Gasteiger charge is 2.34. The maximum atomic E-state index is 13.1. The van der Waals surface area contributed by atoms with Crippen LogP contribution in [0, 0.1) is 5.92 Å². The van der Waals surface area contributed by atoms with E-state index in [1.54, 1.807) is 17.2 Å². The van der Waals surface area contributed by atoms with Crippen LogP contribution in [0.1, 0.15) is 42.6 Å². The minimum absolute atomic E-state index is 0.0364. The number of amides is 2. The number of aromatic nitrogens is 3. The molecule has 33 heavy (non-hydrogen) atoms. The van der Waals surface area contributed by atoms with Crippen molar-refractivity contribution < 1.29 is 29.1 Å². The van der Waals surface area contributed by atoms with Crippen molar-refractivity contribution in [3.63, 3.8) is 0 Å². The van der Waals surface area contributed by atoms with Gasteiger partial charge in [-0.2, -0.15) is 4.57 Å². The number of H-pyrrole nitrogens is 1. The van der Waals surface area contributed by atoms with Crippen LogP contribution in [0.25, 0.3) is 11.7 Å². The standard InChI is InChI=1S/C22H29N5O6/c1-13(2)10-26-20-14(3-6-17(29)25-7-8-33-16(11-25)12-28)9-23-27(20)22(32)18(21(26)31)19(30)24-15-4-5-15/h3,6,9,13,15-16,28H,4-5,7-8,10-12H2,1-2H3,(H2,24,30,31,32)/p+1/b6-3+/t16-/m0/s1. The van der Waals surface area contributed by atoms with Gasteiger partial charge in [0.15, 0.2) is 0 Å². The molecule has 0 unspecified atom stereocenters.